The topological polar surface area (TPSA) is 75.3 Å². The molecule has 2 N–H and O–H groups in total. The van der Waals surface area contributed by atoms with E-state index >= 15 is 0 Å². The van der Waals surface area contributed by atoms with Crippen molar-refractivity contribution in [3.05, 3.63) is 0 Å². The third-order valence-corrected chi connectivity index (χ3v) is 4.04. The molecular formula is C16H30N2O3. The predicted molar refractivity (Wildman–Crippen MR) is 84.4 cm³/mol. The largest absolute Gasteiger partial charge is 0.308 e. The molecule has 21 heavy (non-hydrogen) atoms. The summed E-state index contributed by atoms with van der Waals surface area (Å²) in [5, 5.41) is 6.21. The van der Waals surface area contributed by atoms with E-state index in [1.807, 2.05) is 13.8 Å². The number of carbonyl (C=O) groups excluding carboxylic acids is 3. The molecule has 0 heterocycles. The molecule has 0 rings (SSSR count). The zero-order valence-corrected chi connectivity index (χ0v) is 14.4. The molecular weight excluding hydrogens is 268 g/mol. The van der Waals surface area contributed by atoms with Crippen LogP contribution < -0.4 is 10.6 Å². The van der Waals surface area contributed by atoms with E-state index in [4.69, 9.17) is 0 Å². The van der Waals surface area contributed by atoms with Crippen molar-refractivity contribution in [1.82, 2.24) is 10.6 Å². The highest BCUT2D eigenvalue weighted by Gasteiger charge is 2.31. The van der Waals surface area contributed by atoms with Crippen LogP contribution in [0.25, 0.3) is 0 Å². The molecule has 0 aromatic rings. The molecule has 0 aromatic carbocycles. The van der Waals surface area contributed by atoms with Crippen molar-refractivity contribution < 1.29 is 14.4 Å². The second-order valence-corrected chi connectivity index (χ2v) is 6.77. The van der Waals surface area contributed by atoms with Crippen LogP contribution in [0.1, 0.15) is 60.8 Å². The number of hydrogen-bond donors (Lipinski definition) is 2. The first-order chi connectivity index (χ1) is 9.42. The normalized spacial score (nSPS) is 13.9. The van der Waals surface area contributed by atoms with Crippen LogP contribution in [0.15, 0.2) is 0 Å². The van der Waals surface area contributed by atoms with Crippen LogP contribution in [0.4, 0.5) is 0 Å². The Morgan fingerprint density at radius 1 is 1.00 bits per heavy atom. The van der Waals surface area contributed by atoms with Crippen LogP contribution in [0, 0.1) is 0 Å². The van der Waals surface area contributed by atoms with Gasteiger partial charge in [-0.2, -0.15) is 0 Å². The first kappa shape index (κ1) is 19.9. The molecule has 0 aliphatic heterocycles. The summed E-state index contributed by atoms with van der Waals surface area (Å²) in [6, 6.07) is -0.187. The summed E-state index contributed by atoms with van der Waals surface area (Å²) < 4.78 is 0. The van der Waals surface area contributed by atoms with Gasteiger partial charge in [-0.15, -0.1) is 0 Å². The quantitative estimate of drug-likeness (QED) is 0.641. The predicted octanol–water partition coefficient (Wildman–Crippen LogP) is 1.64. The minimum atomic E-state index is -0.703. The van der Waals surface area contributed by atoms with E-state index in [0.717, 1.165) is 0 Å². The lowest BCUT2D eigenvalue weighted by atomic mass is 9.90. The Labute approximate surface area is 128 Å². The van der Waals surface area contributed by atoms with Crippen LogP contribution in [-0.4, -0.2) is 41.5 Å². The summed E-state index contributed by atoms with van der Waals surface area (Å²) in [7, 11) is 1.75. The Balaban J connectivity index is 4.94. The highest BCUT2D eigenvalue weighted by atomic mass is 16.1. The fraction of sp³-hybridized carbons (Fsp3) is 0.812. The number of Topliss-reactive ketones (excluding diaryl/α,β-unsaturated/α-hetero) is 3. The van der Waals surface area contributed by atoms with E-state index < -0.39 is 11.1 Å². The van der Waals surface area contributed by atoms with Gasteiger partial charge in [-0.25, -0.2) is 0 Å². The van der Waals surface area contributed by atoms with E-state index in [0.29, 0.717) is 12.8 Å². The molecule has 0 fully saturated rings. The van der Waals surface area contributed by atoms with E-state index in [9.17, 15) is 14.4 Å². The van der Waals surface area contributed by atoms with Crippen LogP contribution >= 0.6 is 0 Å². The van der Waals surface area contributed by atoms with Gasteiger partial charge in [0.25, 0.3) is 0 Å². The lowest BCUT2D eigenvalue weighted by Gasteiger charge is -2.32. The Morgan fingerprint density at radius 2 is 1.52 bits per heavy atom. The molecule has 0 amide bonds. The Hall–Kier alpha value is -1.07. The molecule has 0 spiro atoms. The van der Waals surface area contributed by atoms with Crippen LogP contribution in [0.5, 0.6) is 0 Å². The van der Waals surface area contributed by atoms with Gasteiger partial charge in [-0.1, -0.05) is 0 Å². The number of ketones is 3. The molecule has 122 valence electrons. The van der Waals surface area contributed by atoms with Gasteiger partial charge in [-0.05, 0) is 55.0 Å². The number of hydrogen-bond acceptors (Lipinski definition) is 5. The van der Waals surface area contributed by atoms with Gasteiger partial charge in [0.2, 0.25) is 0 Å². The third kappa shape index (κ3) is 6.96. The molecule has 1 unspecified atom stereocenters. The molecule has 0 aromatic heterocycles. The number of nitrogens with one attached hydrogen (secondary N) is 2. The fourth-order valence-electron chi connectivity index (χ4n) is 1.83. The van der Waals surface area contributed by atoms with Crippen LogP contribution in [-0.2, 0) is 14.4 Å². The van der Waals surface area contributed by atoms with Gasteiger partial charge < -0.3 is 15.4 Å². The molecule has 1 atom stereocenters. The maximum Gasteiger partial charge on any atom is 0.153 e. The maximum absolute atomic E-state index is 12.3. The van der Waals surface area contributed by atoms with Gasteiger partial charge in [0.15, 0.2) is 5.78 Å². The van der Waals surface area contributed by atoms with Gasteiger partial charge in [-0.3, -0.25) is 9.59 Å². The lowest BCUT2D eigenvalue weighted by Crippen LogP contribution is -2.53. The second-order valence-electron chi connectivity index (χ2n) is 6.77. The SMILES string of the molecule is CNC(C)(C)C(=O)CC(CCC(C)=O)NC(C)(C)C(C)=O. The maximum atomic E-state index is 12.3. The van der Waals surface area contributed by atoms with Crippen LogP contribution in [0.3, 0.4) is 0 Å². The summed E-state index contributed by atoms with van der Waals surface area (Å²) in [6.45, 7) is 10.3. The van der Waals surface area contributed by atoms with Crippen molar-refractivity contribution in [3.8, 4) is 0 Å². The standard InChI is InChI=1S/C16H30N2O3/c1-11(19)8-9-13(18-15(3,4)12(2)20)10-14(21)16(5,6)17-7/h13,17-18H,8-10H2,1-7H3. The van der Waals surface area contributed by atoms with Crippen molar-refractivity contribution in [2.24, 2.45) is 0 Å². The van der Waals surface area contributed by atoms with Gasteiger partial charge in [0.05, 0.1) is 11.1 Å². The Morgan fingerprint density at radius 3 is 1.90 bits per heavy atom. The minimum absolute atomic E-state index is 0.00986. The van der Waals surface area contributed by atoms with Crippen LogP contribution in [0.2, 0.25) is 0 Å². The van der Waals surface area contributed by atoms with E-state index in [2.05, 4.69) is 10.6 Å². The summed E-state index contributed by atoms with van der Waals surface area (Å²) in [6.07, 6.45) is 1.24. The summed E-state index contributed by atoms with van der Waals surface area (Å²) >= 11 is 0. The summed E-state index contributed by atoms with van der Waals surface area (Å²) in [4.78, 5) is 35.2. The zero-order valence-electron chi connectivity index (χ0n) is 14.4. The van der Waals surface area contributed by atoms with E-state index in [1.54, 1.807) is 20.9 Å². The average molecular weight is 298 g/mol. The number of rotatable bonds is 10. The second kappa shape index (κ2) is 7.80. The van der Waals surface area contributed by atoms with Gasteiger partial charge in [0.1, 0.15) is 11.6 Å². The van der Waals surface area contributed by atoms with Crippen molar-refractivity contribution in [2.75, 3.05) is 7.05 Å². The first-order valence-corrected chi connectivity index (χ1v) is 7.42. The van der Waals surface area contributed by atoms with Crippen molar-refractivity contribution >= 4 is 17.3 Å². The molecule has 5 heteroatoms. The average Bonchev–Trinajstić information content (AvgIpc) is 2.35. The molecule has 0 saturated carbocycles. The van der Waals surface area contributed by atoms with E-state index in [1.165, 1.54) is 13.8 Å². The molecule has 0 aliphatic rings. The van der Waals surface area contributed by atoms with Gasteiger partial charge >= 0.3 is 0 Å². The Kier molecular flexibility index (Phi) is 7.40. The number of carbonyl (C=O) groups is 3. The molecule has 5 nitrogen and oxygen atoms in total. The Bertz CT molecular complexity index is 400. The molecule has 0 saturated heterocycles. The van der Waals surface area contributed by atoms with E-state index in [-0.39, 0.29) is 29.8 Å². The zero-order chi connectivity index (χ0) is 16.8. The minimum Gasteiger partial charge on any atom is -0.308 e. The molecule has 0 bridgehead atoms. The van der Waals surface area contributed by atoms with Gasteiger partial charge in [0, 0.05) is 18.9 Å². The van der Waals surface area contributed by atoms with Crippen molar-refractivity contribution in [1.29, 1.82) is 0 Å². The van der Waals surface area contributed by atoms with Crippen molar-refractivity contribution in [3.63, 3.8) is 0 Å². The highest BCUT2D eigenvalue weighted by Crippen LogP contribution is 2.15. The molecule has 0 radical (unpaired) electrons. The smallest absolute Gasteiger partial charge is 0.153 e. The third-order valence-electron chi connectivity index (χ3n) is 4.04. The highest BCUT2D eigenvalue weighted by molar-refractivity contribution is 5.88. The molecule has 0 aliphatic carbocycles. The fourth-order valence-corrected chi connectivity index (χ4v) is 1.83. The summed E-state index contributed by atoms with van der Waals surface area (Å²) in [5.41, 5.74) is -1.32. The van der Waals surface area contributed by atoms with Crippen molar-refractivity contribution in [2.45, 2.75) is 77.9 Å². The first-order valence-electron chi connectivity index (χ1n) is 7.42. The monoisotopic (exact) mass is 298 g/mol. The number of likely N-dealkylation sites (N-methyl/N-ethyl adjacent to an activating group) is 1. The lowest BCUT2D eigenvalue weighted by molar-refractivity contribution is -0.126. The summed E-state index contributed by atoms with van der Waals surface area (Å²) in [5.74, 6) is 0.156.